The number of amides is 5. The van der Waals surface area contributed by atoms with Crippen LogP contribution in [-0.4, -0.2) is 111 Å². The molecule has 0 saturated heterocycles. The van der Waals surface area contributed by atoms with E-state index in [1.165, 1.54) is 6.92 Å². The summed E-state index contributed by atoms with van der Waals surface area (Å²) in [6, 6.07) is 7.48. The van der Waals surface area contributed by atoms with Crippen LogP contribution in [0.15, 0.2) is 29.2 Å². The van der Waals surface area contributed by atoms with Crippen LogP contribution >= 0.6 is 24.0 Å². The van der Waals surface area contributed by atoms with Crippen molar-refractivity contribution in [3.05, 3.63) is 24.3 Å². The summed E-state index contributed by atoms with van der Waals surface area (Å²) in [6.07, 6.45) is 6.37. The number of thiocarbonyl (C=S) groups is 1. The maximum atomic E-state index is 12.2. The molecule has 1 rings (SSSR count). The van der Waals surface area contributed by atoms with E-state index < -0.39 is 17.7 Å². The van der Waals surface area contributed by atoms with Gasteiger partial charge in [-0.15, -0.1) is 0 Å². The summed E-state index contributed by atoms with van der Waals surface area (Å²) in [7, 11) is 0. The second-order valence-electron chi connectivity index (χ2n) is 12.3. The minimum Gasteiger partial charge on any atom is -0.356 e. The van der Waals surface area contributed by atoms with Gasteiger partial charge in [-0.25, -0.2) is 15.2 Å². The number of nitriles is 1. The third-order valence-electron chi connectivity index (χ3n) is 7.86. The number of nitrogens with zero attached hydrogens (tertiary/aromatic N) is 4. The molecule has 0 spiro atoms. The number of hydroxylamine groups is 6. The molecule has 5 amide bonds. The quantitative estimate of drug-likeness (QED) is 0.0153. The van der Waals surface area contributed by atoms with E-state index in [1.54, 1.807) is 0 Å². The Kier molecular flexibility index (Phi) is 26.3. The molecule has 0 aromatic heterocycles. The van der Waals surface area contributed by atoms with Gasteiger partial charge in [-0.05, 0) is 93.9 Å². The number of benzene rings is 1. The molecule has 0 aliphatic carbocycles. The van der Waals surface area contributed by atoms with Gasteiger partial charge in [0, 0.05) is 88.9 Å². The molecule has 53 heavy (non-hydrogen) atoms. The lowest BCUT2D eigenvalue weighted by Crippen LogP contribution is -2.31. The Morgan fingerprint density at radius 2 is 1.13 bits per heavy atom. The normalized spacial score (nSPS) is 10.5. The zero-order valence-corrected chi connectivity index (χ0v) is 32.3. The Hall–Kier alpha value is -3.86. The average Bonchev–Trinajstić information content (AvgIpc) is 3.13. The highest BCUT2D eigenvalue weighted by atomic mass is 32.2. The fraction of sp³-hybridized carbons (Fsp3) is 0.629. The molecule has 0 aliphatic rings. The van der Waals surface area contributed by atoms with Crippen molar-refractivity contribution in [1.82, 2.24) is 31.1 Å². The van der Waals surface area contributed by atoms with Crippen LogP contribution in [-0.2, 0) is 24.0 Å². The summed E-state index contributed by atoms with van der Waals surface area (Å²) in [6.45, 7) is 4.07. The fourth-order valence-electron chi connectivity index (χ4n) is 4.76. The highest BCUT2D eigenvalue weighted by Crippen LogP contribution is 2.19. The van der Waals surface area contributed by atoms with Crippen molar-refractivity contribution >= 4 is 64.2 Å². The molecule has 0 aliphatic heterocycles. The number of unbranched alkanes of at least 4 members (excludes halogenated alkanes) is 6. The molecule has 296 valence electrons. The minimum absolute atomic E-state index is 0.0435. The molecule has 0 bridgehead atoms. The molecular weight excluding hydrogens is 725 g/mol. The fourth-order valence-corrected chi connectivity index (χ4v) is 5.36. The smallest absolute Gasteiger partial charge is 0.246 e. The van der Waals surface area contributed by atoms with Crippen LogP contribution in [0.1, 0.15) is 96.8 Å². The molecule has 0 saturated carbocycles. The van der Waals surface area contributed by atoms with Gasteiger partial charge in [-0.2, -0.15) is 5.26 Å². The summed E-state index contributed by atoms with van der Waals surface area (Å²) in [5.74, 6) is -2.10. The molecular formula is C35H56N8O8S2. The first kappa shape index (κ1) is 47.2. The number of hydrogen-bond donors (Lipinski definition) is 7. The van der Waals surface area contributed by atoms with E-state index in [1.807, 2.05) is 29.7 Å². The van der Waals surface area contributed by atoms with Crippen molar-refractivity contribution in [3.8, 4) is 5.40 Å². The highest BCUT2D eigenvalue weighted by Gasteiger charge is 2.14. The molecule has 16 nitrogen and oxygen atoms in total. The molecule has 0 radical (unpaired) electrons. The van der Waals surface area contributed by atoms with Crippen LogP contribution in [0, 0.1) is 10.7 Å². The van der Waals surface area contributed by atoms with Crippen LogP contribution in [0.2, 0.25) is 0 Å². The van der Waals surface area contributed by atoms with Crippen LogP contribution in [0.25, 0.3) is 0 Å². The zero-order valence-electron chi connectivity index (χ0n) is 30.6. The SMILES string of the molecule is CC(=O)N(O)CCCCCNC(=O)CCC(=O)N(O)CCCCCNC(=O)CCC(=O)N(O)CCCCCNCCC(=S)Nc1ccc(SC#N)cc1. The monoisotopic (exact) mass is 780 g/mol. The largest absolute Gasteiger partial charge is 0.356 e. The molecule has 1 aromatic carbocycles. The van der Waals surface area contributed by atoms with Crippen LogP contribution in [0.5, 0.6) is 0 Å². The van der Waals surface area contributed by atoms with Crippen molar-refractivity contribution in [2.45, 2.75) is 102 Å². The number of nitrogens with one attached hydrogen (secondary N) is 4. The first-order valence-corrected chi connectivity index (χ1v) is 19.3. The Bertz CT molecular complexity index is 1320. The molecule has 0 atom stereocenters. The Balaban J connectivity index is 1.98. The van der Waals surface area contributed by atoms with E-state index in [9.17, 15) is 39.6 Å². The van der Waals surface area contributed by atoms with Crippen molar-refractivity contribution in [2.24, 2.45) is 0 Å². The number of anilines is 1. The predicted molar refractivity (Wildman–Crippen MR) is 204 cm³/mol. The second kappa shape index (κ2) is 29.6. The van der Waals surface area contributed by atoms with E-state index in [4.69, 9.17) is 17.5 Å². The Morgan fingerprint density at radius 3 is 1.60 bits per heavy atom. The number of hydrogen-bond acceptors (Lipinski definition) is 12. The van der Waals surface area contributed by atoms with Gasteiger partial charge in [0.2, 0.25) is 29.5 Å². The van der Waals surface area contributed by atoms with Crippen molar-refractivity contribution in [3.63, 3.8) is 0 Å². The maximum absolute atomic E-state index is 12.2. The van der Waals surface area contributed by atoms with Crippen LogP contribution in [0.3, 0.4) is 0 Å². The lowest BCUT2D eigenvalue weighted by Gasteiger charge is -2.15. The predicted octanol–water partition coefficient (Wildman–Crippen LogP) is 3.96. The van der Waals surface area contributed by atoms with E-state index in [0.29, 0.717) is 91.2 Å². The number of thiocyanates is 1. The average molecular weight is 781 g/mol. The zero-order chi connectivity index (χ0) is 39.3. The van der Waals surface area contributed by atoms with Gasteiger partial charge in [0.1, 0.15) is 5.40 Å². The Labute approximate surface area is 321 Å². The van der Waals surface area contributed by atoms with Crippen LogP contribution in [0.4, 0.5) is 5.69 Å². The summed E-state index contributed by atoms with van der Waals surface area (Å²) in [5, 5.41) is 53.8. The van der Waals surface area contributed by atoms with Crippen molar-refractivity contribution < 1.29 is 39.6 Å². The van der Waals surface area contributed by atoms with Gasteiger partial charge >= 0.3 is 0 Å². The van der Waals surface area contributed by atoms with Gasteiger partial charge in [-0.3, -0.25) is 39.6 Å². The summed E-state index contributed by atoms with van der Waals surface area (Å²) in [4.78, 5) is 60.8. The van der Waals surface area contributed by atoms with Crippen LogP contribution < -0.4 is 21.3 Å². The maximum Gasteiger partial charge on any atom is 0.246 e. The summed E-state index contributed by atoms with van der Waals surface area (Å²) in [5.41, 5.74) is 0.875. The first-order valence-electron chi connectivity index (χ1n) is 18.1. The summed E-state index contributed by atoms with van der Waals surface area (Å²) >= 11 is 6.48. The highest BCUT2D eigenvalue weighted by molar-refractivity contribution is 8.03. The molecule has 7 N–H and O–H groups in total. The summed E-state index contributed by atoms with van der Waals surface area (Å²) < 4.78 is 0. The molecule has 0 fully saturated rings. The van der Waals surface area contributed by atoms with E-state index in [2.05, 4.69) is 21.3 Å². The van der Waals surface area contributed by atoms with Crippen molar-refractivity contribution in [2.75, 3.05) is 51.1 Å². The van der Waals surface area contributed by atoms with Gasteiger partial charge in [0.25, 0.3) is 0 Å². The third kappa shape index (κ3) is 24.9. The van der Waals surface area contributed by atoms with Gasteiger partial charge in [0.15, 0.2) is 0 Å². The van der Waals surface area contributed by atoms with E-state index in [-0.39, 0.29) is 57.1 Å². The molecule has 0 heterocycles. The molecule has 18 heteroatoms. The molecule has 1 aromatic rings. The first-order chi connectivity index (χ1) is 25.4. The number of carbonyl (C=O) groups excluding carboxylic acids is 5. The number of carbonyl (C=O) groups is 5. The number of thioether (sulfide) groups is 1. The third-order valence-corrected chi connectivity index (χ3v) is 8.77. The topological polar surface area (TPSA) is 228 Å². The van der Waals surface area contributed by atoms with E-state index >= 15 is 0 Å². The lowest BCUT2D eigenvalue weighted by molar-refractivity contribution is -0.166. The second-order valence-corrected chi connectivity index (χ2v) is 13.7. The van der Waals surface area contributed by atoms with E-state index in [0.717, 1.165) is 41.7 Å². The molecule has 0 unspecified atom stereocenters. The minimum atomic E-state index is -0.557. The van der Waals surface area contributed by atoms with Gasteiger partial charge in [-0.1, -0.05) is 18.6 Å². The Morgan fingerprint density at radius 1 is 0.660 bits per heavy atom. The van der Waals surface area contributed by atoms with Gasteiger partial charge < -0.3 is 21.3 Å². The van der Waals surface area contributed by atoms with Gasteiger partial charge in [0.05, 0.1) is 4.99 Å². The standard InChI is InChI=1S/C35H56N8O8S2/c1-28(44)41(49)24-8-3-6-21-38-31(45)16-18-35(48)43(51)26-10-4-7-22-39-32(46)15-17-34(47)42(50)25-9-2-5-20-37-23-19-33(52)40-29-11-13-30(14-12-29)53-27-36/h11-14,37,49-51H,2-10,15-26H2,1H3,(H,38,45)(H,39,46)(H,40,52). The van der Waals surface area contributed by atoms with Crippen molar-refractivity contribution in [1.29, 1.82) is 5.26 Å². The lowest BCUT2D eigenvalue weighted by atomic mass is 10.2. The number of rotatable bonds is 29.